The van der Waals surface area contributed by atoms with Crippen LogP contribution in [-0.2, 0) is 17.8 Å². The van der Waals surface area contributed by atoms with E-state index in [4.69, 9.17) is 0 Å². The lowest BCUT2D eigenvalue weighted by Crippen LogP contribution is -2.53. The number of carbonyl (C=O) groups is 2. The number of nitrogens with zero attached hydrogens (tertiary/aromatic N) is 1. The van der Waals surface area contributed by atoms with Gasteiger partial charge >= 0.3 is 6.03 Å². The van der Waals surface area contributed by atoms with Gasteiger partial charge in [0.1, 0.15) is 6.04 Å². The van der Waals surface area contributed by atoms with Crippen molar-refractivity contribution >= 4 is 17.6 Å². The molecule has 1 aliphatic rings. The highest BCUT2D eigenvalue weighted by atomic mass is 16.2. The normalized spacial score (nSPS) is 14.0. The van der Waals surface area contributed by atoms with Crippen molar-refractivity contribution < 1.29 is 9.59 Å². The van der Waals surface area contributed by atoms with E-state index in [-0.39, 0.29) is 17.9 Å². The minimum atomic E-state index is -0.561. The van der Waals surface area contributed by atoms with E-state index in [0.29, 0.717) is 13.1 Å². The van der Waals surface area contributed by atoms with Gasteiger partial charge in [0, 0.05) is 18.8 Å². The quantitative estimate of drug-likeness (QED) is 0.853. The number of para-hydroxylation sites is 1. The fourth-order valence-corrected chi connectivity index (χ4v) is 3.33. The van der Waals surface area contributed by atoms with Crippen LogP contribution in [0.1, 0.15) is 30.5 Å². The predicted molar refractivity (Wildman–Crippen MR) is 108 cm³/mol. The number of rotatable bonds is 5. The summed E-state index contributed by atoms with van der Waals surface area (Å²) < 4.78 is 0. The minimum absolute atomic E-state index is 0.00427. The number of urea groups is 1. The lowest BCUT2D eigenvalue weighted by Gasteiger charge is -2.27. The van der Waals surface area contributed by atoms with Crippen molar-refractivity contribution in [1.29, 1.82) is 0 Å². The molecule has 0 aliphatic carbocycles. The van der Waals surface area contributed by atoms with Gasteiger partial charge in [0.15, 0.2) is 0 Å². The van der Waals surface area contributed by atoms with Gasteiger partial charge < -0.3 is 15.5 Å². The van der Waals surface area contributed by atoms with E-state index < -0.39 is 6.04 Å². The van der Waals surface area contributed by atoms with E-state index in [2.05, 4.69) is 16.7 Å². The summed E-state index contributed by atoms with van der Waals surface area (Å²) in [6, 6.07) is 15.1. The molecule has 2 aromatic carbocycles. The van der Waals surface area contributed by atoms with Crippen molar-refractivity contribution in [1.82, 2.24) is 10.6 Å². The molecule has 0 spiro atoms. The van der Waals surface area contributed by atoms with Crippen molar-refractivity contribution in [2.75, 3.05) is 11.4 Å². The Balaban J connectivity index is 1.62. The first kappa shape index (κ1) is 19.0. The highest BCUT2D eigenvalue weighted by Gasteiger charge is 2.32. The summed E-state index contributed by atoms with van der Waals surface area (Å²) in [7, 11) is 0. The van der Waals surface area contributed by atoms with Crippen LogP contribution in [0, 0.1) is 12.8 Å². The third kappa shape index (κ3) is 4.48. The highest BCUT2D eigenvalue weighted by Crippen LogP contribution is 2.28. The molecular formula is C22H27N3O2. The molecule has 5 heteroatoms. The number of carbonyl (C=O) groups excluding carboxylic acids is 2. The van der Waals surface area contributed by atoms with Crippen LogP contribution >= 0.6 is 0 Å². The van der Waals surface area contributed by atoms with Gasteiger partial charge in [-0.1, -0.05) is 61.9 Å². The molecule has 2 aromatic rings. The molecule has 2 N–H and O–H groups in total. The molecule has 0 bridgehead atoms. The Labute approximate surface area is 160 Å². The number of aryl methyl sites for hydroxylation is 1. The van der Waals surface area contributed by atoms with E-state index in [9.17, 15) is 9.59 Å². The first-order valence-corrected chi connectivity index (χ1v) is 9.45. The van der Waals surface area contributed by atoms with E-state index in [1.165, 1.54) is 11.1 Å². The van der Waals surface area contributed by atoms with Gasteiger partial charge in [-0.15, -0.1) is 0 Å². The Bertz CT molecular complexity index is 815. The van der Waals surface area contributed by atoms with E-state index in [1.54, 1.807) is 4.90 Å². The molecule has 0 radical (unpaired) electrons. The Morgan fingerprint density at radius 1 is 1.07 bits per heavy atom. The molecule has 3 rings (SSSR count). The van der Waals surface area contributed by atoms with Gasteiger partial charge in [0.25, 0.3) is 0 Å². The van der Waals surface area contributed by atoms with Gasteiger partial charge in [-0.3, -0.25) is 4.79 Å². The van der Waals surface area contributed by atoms with Crippen LogP contribution in [0.15, 0.2) is 48.5 Å². The summed E-state index contributed by atoms with van der Waals surface area (Å²) in [4.78, 5) is 27.2. The fraction of sp³-hybridized carbons (Fsp3) is 0.364. The van der Waals surface area contributed by atoms with Crippen LogP contribution in [0.5, 0.6) is 0 Å². The molecule has 0 saturated heterocycles. The van der Waals surface area contributed by atoms with Crippen molar-refractivity contribution in [3.05, 3.63) is 65.2 Å². The van der Waals surface area contributed by atoms with Crippen LogP contribution in [0.4, 0.5) is 10.5 Å². The topological polar surface area (TPSA) is 61.4 Å². The zero-order chi connectivity index (χ0) is 19.4. The second-order valence-corrected chi connectivity index (χ2v) is 7.40. The van der Waals surface area contributed by atoms with E-state index in [0.717, 1.165) is 17.7 Å². The first-order valence-electron chi connectivity index (χ1n) is 9.45. The van der Waals surface area contributed by atoms with Gasteiger partial charge in [-0.2, -0.15) is 0 Å². The molecule has 5 nitrogen and oxygen atoms in total. The van der Waals surface area contributed by atoms with Crippen molar-refractivity contribution in [3.63, 3.8) is 0 Å². The Morgan fingerprint density at radius 2 is 1.78 bits per heavy atom. The summed E-state index contributed by atoms with van der Waals surface area (Å²) in [5.41, 5.74) is 4.34. The molecule has 1 unspecified atom stereocenters. The summed E-state index contributed by atoms with van der Waals surface area (Å²) in [5.74, 6) is -0.0594. The minimum Gasteiger partial charge on any atom is -0.334 e. The predicted octanol–water partition coefficient (Wildman–Crippen LogP) is 3.41. The van der Waals surface area contributed by atoms with E-state index >= 15 is 0 Å². The number of hydrogen-bond donors (Lipinski definition) is 2. The van der Waals surface area contributed by atoms with E-state index in [1.807, 2.05) is 63.2 Å². The molecule has 0 saturated carbocycles. The molecule has 1 atom stereocenters. The summed E-state index contributed by atoms with van der Waals surface area (Å²) in [5, 5.41) is 5.71. The number of benzene rings is 2. The maximum Gasteiger partial charge on any atom is 0.315 e. The number of anilines is 1. The average molecular weight is 365 g/mol. The Hall–Kier alpha value is -2.82. The lowest BCUT2D eigenvalue weighted by molar-refractivity contribution is -0.121. The largest absolute Gasteiger partial charge is 0.334 e. The number of amides is 3. The molecular weight excluding hydrogens is 338 g/mol. The SMILES string of the molecule is Cc1ccc(CNC(=O)NC(C(=O)N2CCc3ccccc32)C(C)C)cc1. The molecule has 27 heavy (non-hydrogen) atoms. The van der Waals surface area contributed by atoms with Gasteiger partial charge in [0.05, 0.1) is 0 Å². The van der Waals surface area contributed by atoms with Crippen LogP contribution in [0.25, 0.3) is 0 Å². The van der Waals surface area contributed by atoms with Crippen LogP contribution in [0.3, 0.4) is 0 Å². The zero-order valence-corrected chi connectivity index (χ0v) is 16.2. The molecule has 1 aliphatic heterocycles. The molecule has 0 aromatic heterocycles. The number of nitrogens with one attached hydrogen (secondary N) is 2. The number of hydrogen-bond acceptors (Lipinski definition) is 2. The second kappa shape index (κ2) is 8.25. The summed E-state index contributed by atoms with van der Waals surface area (Å²) in [6.07, 6.45) is 0.854. The Morgan fingerprint density at radius 3 is 2.48 bits per heavy atom. The maximum atomic E-state index is 13.1. The molecule has 1 heterocycles. The molecule has 0 fully saturated rings. The van der Waals surface area contributed by atoms with Crippen molar-refractivity contribution in [2.45, 2.75) is 39.8 Å². The third-order valence-electron chi connectivity index (χ3n) is 4.95. The smallest absolute Gasteiger partial charge is 0.315 e. The average Bonchev–Trinajstić information content (AvgIpc) is 3.09. The van der Waals surface area contributed by atoms with Crippen LogP contribution < -0.4 is 15.5 Å². The zero-order valence-electron chi connectivity index (χ0n) is 16.2. The second-order valence-electron chi connectivity index (χ2n) is 7.40. The molecule has 3 amide bonds. The number of fused-ring (bicyclic) bond motifs is 1. The molecule has 142 valence electrons. The standard InChI is InChI=1S/C22H27N3O2/c1-15(2)20(21(26)25-13-12-18-6-4-5-7-19(18)25)24-22(27)23-14-17-10-8-16(3)9-11-17/h4-11,15,20H,12-14H2,1-3H3,(H2,23,24,27). The maximum absolute atomic E-state index is 13.1. The summed E-state index contributed by atoms with van der Waals surface area (Å²) >= 11 is 0. The van der Waals surface area contributed by atoms with Gasteiger partial charge in [0.2, 0.25) is 5.91 Å². The Kier molecular flexibility index (Phi) is 5.79. The van der Waals surface area contributed by atoms with Crippen molar-refractivity contribution in [2.24, 2.45) is 5.92 Å². The van der Waals surface area contributed by atoms with Gasteiger partial charge in [-0.05, 0) is 36.5 Å². The first-order chi connectivity index (χ1) is 13.0. The van der Waals surface area contributed by atoms with Crippen molar-refractivity contribution in [3.8, 4) is 0 Å². The van der Waals surface area contributed by atoms with Crippen LogP contribution in [0.2, 0.25) is 0 Å². The lowest BCUT2D eigenvalue weighted by atomic mass is 10.0. The fourth-order valence-electron chi connectivity index (χ4n) is 3.33. The summed E-state index contributed by atoms with van der Waals surface area (Å²) in [6.45, 7) is 7.01. The van der Waals surface area contributed by atoms with Gasteiger partial charge in [-0.25, -0.2) is 4.79 Å². The highest BCUT2D eigenvalue weighted by molar-refractivity contribution is 6.00. The monoisotopic (exact) mass is 365 g/mol. The third-order valence-corrected chi connectivity index (χ3v) is 4.95. The van der Waals surface area contributed by atoms with Crippen LogP contribution in [-0.4, -0.2) is 24.5 Å².